The molecule has 3 rings (SSSR count). The van der Waals surface area contributed by atoms with Crippen molar-refractivity contribution in [3.05, 3.63) is 56.1 Å². The first-order chi connectivity index (χ1) is 12.4. The van der Waals surface area contributed by atoms with Gasteiger partial charge in [0.25, 0.3) is 0 Å². The van der Waals surface area contributed by atoms with Crippen LogP contribution in [-0.4, -0.2) is 16.6 Å². The summed E-state index contributed by atoms with van der Waals surface area (Å²) in [6.45, 7) is 2.67. The molecule has 26 heavy (non-hydrogen) atoms. The molecule has 7 heteroatoms. The van der Waals surface area contributed by atoms with Crippen molar-refractivity contribution < 1.29 is 0 Å². The Morgan fingerprint density at radius 2 is 2.00 bits per heavy atom. The second kappa shape index (κ2) is 8.42. The molecule has 0 spiro atoms. The first-order valence-corrected chi connectivity index (χ1v) is 10.5. The van der Waals surface area contributed by atoms with Crippen LogP contribution in [0.2, 0.25) is 10.0 Å². The topological polar surface area (TPSA) is 37.0 Å². The molecule has 0 saturated heterocycles. The first-order valence-electron chi connectivity index (χ1n) is 8.53. The maximum Gasteiger partial charge on any atom is 0.172 e. The highest BCUT2D eigenvalue weighted by atomic mass is 79.9. The van der Waals surface area contributed by atoms with E-state index in [-0.39, 0.29) is 5.41 Å². The van der Waals surface area contributed by atoms with Gasteiger partial charge in [-0.1, -0.05) is 48.2 Å². The Morgan fingerprint density at radius 1 is 1.27 bits per heavy atom. The van der Waals surface area contributed by atoms with Crippen LogP contribution in [0.5, 0.6) is 0 Å². The SMILES string of the molecule is Cc1nc(NC(=S)NCC2(c3cccc(Cl)c3)CCCC2)c(Cl)cc1Br. The molecule has 1 fully saturated rings. The highest BCUT2D eigenvalue weighted by molar-refractivity contribution is 9.10. The molecule has 1 aliphatic carbocycles. The summed E-state index contributed by atoms with van der Waals surface area (Å²) in [6, 6.07) is 9.98. The van der Waals surface area contributed by atoms with E-state index < -0.39 is 0 Å². The Balaban J connectivity index is 1.70. The van der Waals surface area contributed by atoms with Crippen LogP contribution >= 0.6 is 51.3 Å². The molecule has 0 atom stereocenters. The number of hydrogen-bond donors (Lipinski definition) is 2. The standard InChI is InChI=1S/C19H20BrCl2N3S/c1-12-15(20)10-16(22)17(24-12)25-18(26)23-11-19(7-2-3-8-19)13-5-4-6-14(21)9-13/h4-6,9-10H,2-3,7-8,11H2,1H3,(H2,23,24,25,26). The van der Waals surface area contributed by atoms with Crippen molar-refractivity contribution in [1.82, 2.24) is 10.3 Å². The fourth-order valence-electron chi connectivity index (χ4n) is 3.49. The Morgan fingerprint density at radius 3 is 2.69 bits per heavy atom. The highest BCUT2D eigenvalue weighted by Crippen LogP contribution is 2.41. The molecule has 0 aliphatic heterocycles. The molecular formula is C19H20BrCl2N3S. The van der Waals surface area contributed by atoms with Gasteiger partial charge in [-0.25, -0.2) is 4.98 Å². The molecular weight excluding hydrogens is 453 g/mol. The zero-order valence-corrected chi connectivity index (χ0v) is 18.3. The number of anilines is 1. The molecule has 0 unspecified atom stereocenters. The average Bonchev–Trinajstić information content (AvgIpc) is 3.08. The predicted molar refractivity (Wildman–Crippen MR) is 118 cm³/mol. The second-order valence-corrected chi connectivity index (χ2v) is 8.80. The molecule has 0 amide bonds. The van der Waals surface area contributed by atoms with E-state index in [0.717, 1.165) is 34.6 Å². The summed E-state index contributed by atoms with van der Waals surface area (Å²) in [4.78, 5) is 4.44. The van der Waals surface area contributed by atoms with Crippen LogP contribution in [0.15, 0.2) is 34.8 Å². The van der Waals surface area contributed by atoms with Crippen LogP contribution in [0.1, 0.15) is 36.9 Å². The van der Waals surface area contributed by atoms with E-state index >= 15 is 0 Å². The summed E-state index contributed by atoms with van der Waals surface area (Å²) in [6.07, 6.45) is 4.68. The van der Waals surface area contributed by atoms with Gasteiger partial charge in [0.1, 0.15) is 0 Å². The van der Waals surface area contributed by atoms with Crippen molar-refractivity contribution in [2.75, 3.05) is 11.9 Å². The highest BCUT2D eigenvalue weighted by Gasteiger charge is 2.35. The number of nitrogens with zero attached hydrogens (tertiary/aromatic N) is 1. The molecule has 3 nitrogen and oxygen atoms in total. The maximum absolute atomic E-state index is 6.26. The van der Waals surface area contributed by atoms with E-state index in [1.54, 1.807) is 0 Å². The van der Waals surface area contributed by atoms with Gasteiger partial charge in [0.2, 0.25) is 0 Å². The van der Waals surface area contributed by atoms with Gasteiger partial charge in [0.15, 0.2) is 10.9 Å². The van der Waals surface area contributed by atoms with E-state index in [9.17, 15) is 0 Å². The van der Waals surface area contributed by atoms with E-state index in [1.165, 1.54) is 18.4 Å². The fourth-order valence-corrected chi connectivity index (χ4v) is 4.49. The lowest BCUT2D eigenvalue weighted by Crippen LogP contribution is -2.41. The Kier molecular flexibility index (Phi) is 6.44. The van der Waals surface area contributed by atoms with Gasteiger partial charge < -0.3 is 10.6 Å². The van der Waals surface area contributed by atoms with E-state index in [2.05, 4.69) is 43.7 Å². The number of aromatic nitrogens is 1. The van der Waals surface area contributed by atoms with Crippen molar-refractivity contribution in [1.29, 1.82) is 0 Å². The third-order valence-electron chi connectivity index (χ3n) is 4.92. The number of pyridine rings is 1. The van der Waals surface area contributed by atoms with E-state index in [4.69, 9.17) is 35.4 Å². The van der Waals surface area contributed by atoms with E-state index in [1.807, 2.05) is 25.1 Å². The molecule has 1 aliphatic rings. The monoisotopic (exact) mass is 471 g/mol. The second-order valence-electron chi connectivity index (χ2n) is 6.69. The largest absolute Gasteiger partial charge is 0.362 e. The van der Waals surface area contributed by atoms with Crippen LogP contribution in [0, 0.1) is 6.92 Å². The van der Waals surface area contributed by atoms with E-state index in [0.29, 0.717) is 16.0 Å². The lowest BCUT2D eigenvalue weighted by Gasteiger charge is -2.30. The van der Waals surface area contributed by atoms with Crippen LogP contribution in [0.4, 0.5) is 5.82 Å². The zero-order valence-electron chi connectivity index (χ0n) is 14.4. The predicted octanol–water partition coefficient (Wildman–Crippen LogP) is 6.26. The average molecular weight is 473 g/mol. The smallest absolute Gasteiger partial charge is 0.172 e. The number of nitrogens with one attached hydrogen (secondary N) is 2. The molecule has 1 saturated carbocycles. The normalized spacial score (nSPS) is 15.7. The molecule has 0 radical (unpaired) electrons. The summed E-state index contributed by atoms with van der Waals surface area (Å²) in [5, 5.41) is 8.29. The number of thiocarbonyl (C=S) groups is 1. The third kappa shape index (κ3) is 4.50. The molecule has 2 aromatic rings. The van der Waals surface area contributed by atoms with Crippen molar-refractivity contribution in [3.63, 3.8) is 0 Å². The minimum atomic E-state index is 0.0590. The summed E-state index contributed by atoms with van der Waals surface area (Å²) in [7, 11) is 0. The van der Waals surface area contributed by atoms with Crippen LogP contribution in [0.3, 0.4) is 0 Å². The number of aryl methyl sites for hydroxylation is 1. The molecule has 2 N–H and O–H groups in total. The van der Waals surface area contributed by atoms with Crippen LogP contribution in [0.25, 0.3) is 0 Å². The van der Waals surface area contributed by atoms with Gasteiger partial charge >= 0.3 is 0 Å². The van der Waals surface area contributed by atoms with Gasteiger partial charge in [0, 0.05) is 21.5 Å². The third-order valence-corrected chi connectivity index (χ3v) is 6.49. The lowest BCUT2D eigenvalue weighted by atomic mass is 9.79. The minimum Gasteiger partial charge on any atom is -0.362 e. The van der Waals surface area contributed by atoms with Crippen molar-refractivity contribution in [2.24, 2.45) is 0 Å². The number of benzene rings is 1. The Bertz CT molecular complexity index is 822. The minimum absolute atomic E-state index is 0.0590. The number of rotatable bonds is 4. The summed E-state index contributed by atoms with van der Waals surface area (Å²) >= 11 is 21.4. The first kappa shape index (κ1) is 19.9. The van der Waals surface area contributed by atoms with Crippen molar-refractivity contribution >= 4 is 62.3 Å². The molecule has 1 aromatic carbocycles. The van der Waals surface area contributed by atoms with Gasteiger partial charge in [-0.2, -0.15) is 0 Å². The van der Waals surface area contributed by atoms with Gasteiger partial charge in [-0.15, -0.1) is 0 Å². The van der Waals surface area contributed by atoms with Gasteiger partial charge in [-0.05, 0) is 71.7 Å². The van der Waals surface area contributed by atoms with Gasteiger partial charge in [-0.3, -0.25) is 0 Å². The van der Waals surface area contributed by atoms with Crippen molar-refractivity contribution in [2.45, 2.75) is 38.0 Å². The maximum atomic E-state index is 6.26. The Labute approximate surface area is 178 Å². The molecule has 0 bridgehead atoms. The summed E-state index contributed by atoms with van der Waals surface area (Å²) in [5.41, 5.74) is 2.18. The van der Waals surface area contributed by atoms with Gasteiger partial charge in [0.05, 0.1) is 10.7 Å². The summed E-state index contributed by atoms with van der Waals surface area (Å²) < 4.78 is 0.873. The zero-order chi connectivity index (χ0) is 18.7. The van der Waals surface area contributed by atoms with Crippen LogP contribution < -0.4 is 10.6 Å². The molecule has 1 aromatic heterocycles. The number of hydrogen-bond acceptors (Lipinski definition) is 2. The number of halogens is 3. The molecule has 1 heterocycles. The fraction of sp³-hybridized carbons (Fsp3) is 0.368. The van der Waals surface area contributed by atoms with Crippen molar-refractivity contribution in [3.8, 4) is 0 Å². The molecule has 138 valence electrons. The Hall–Kier alpha value is -0.880. The summed E-state index contributed by atoms with van der Waals surface area (Å²) in [5.74, 6) is 0.563. The lowest BCUT2D eigenvalue weighted by molar-refractivity contribution is 0.435. The van der Waals surface area contributed by atoms with Crippen LogP contribution in [-0.2, 0) is 5.41 Å². The quantitative estimate of drug-likeness (QED) is 0.515.